The average molecular weight is 222 g/mol. The number of rotatable bonds is 1. The van der Waals surface area contributed by atoms with Gasteiger partial charge in [-0.2, -0.15) is 4.99 Å². The number of carbonyl (C=O) groups is 1. The molecule has 0 radical (unpaired) electrons. The number of nitrogens with zero attached hydrogens (tertiary/aromatic N) is 2. The SMILES string of the molecule is COC(=NC(=O)c1ccco1)N1CCCC1. The summed E-state index contributed by atoms with van der Waals surface area (Å²) in [6, 6.07) is 3.62. The lowest BCUT2D eigenvalue weighted by molar-refractivity contribution is 0.0970. The molecular weight excluding hydrogens is 208 g/mol. The topological polar surface area (TPSA) is 55.0 Å². The number of furan rings is 1. The Hall–Kier alpha value is -1.78. The second kappa shape index (κ2) is 4.83. The maximum absolute atomic E-state index is 11.6. The lowest BCUT2D eigenvalue weighted by Crippen LogP contribution is -2.30. The van der Waals surface area contributed by atoms with Crippen molar-refractivity contribution in [2.24, 2.45) is 4.99 Å². The minimum atomic E-state index is -0.409. The van der Waals surface area contributed by atoms with E-state index in [4.69, 9.17) is 9.15 Å². The van der Waals surface area contributed by atoms with Gasteiger partial charge in [-0.1, -0.05) is 0 Å². The van der Waals surface area contributed by atoms with Crippen LogP contribution < -0.4 is 0 Å². The van der Waals surface area contributed by atoms with Gasteiger partial charge in [0.25, 0.3) is 6.02 Å². The van der Waals surface area contributed by atoms with E-state index in [1.165, 1.54) is 13.4 Å². The summed E-state index contributed by atoms with van der Waals surface area (Å²) in [7, 11) is 1.52. The molecular formula is C11H14N2O3. The van der Waals surface area contributed by atoms with Crippen LogP contribution in [0.15, 0.2) is 27.8 Å². The Morgan fingerprint density at radius 1 is 1.50 bits per heavy atom. The monoisotopic (exact) mass is 222 g/mol. The quantitative estimate of drug-likeness (QED) is 0.534. The van der Waals surface area contributed by atoms with Gasteiger partial charge < -0.3 is 14.1 Å². The summed E-state index contributed by atoms with van der Waals surface area (Å²) in [6.45, 7) is 1.77. The molecule has 1 aromatic rings. The van der Waals surface area contributed by atoms with Crippen LogP contribution in [0, 0.1) is 0 Å². The third-order valence-electron chi connectivity index (χ3n) is 2.49. The van der Waals surface area contributed by atoms with Crippen molar-refractivity contribution in [1.29, 1.82) is 0 Å². The van der Waals surface area contributed by atoms with Gasteiger partial charge in [0.2, 0.25) is 0 Å². The van der Waals surface area contributed by atoms with Crippen molar-refractivity contribution in [1.82, 2.24) is 4.90 Å². The van der Waals surface area contributed by atoms with Crippen molar-refractivity contribution in [2.75, 3.05) is 20.2 Å². The maximum Gasteiger partial charge on any atom is 0.317 e. The third kappa shape index (κ3) is 2.24. The first kappa shape index (κ1) is 10.7. The standard InChI is InChI=1S/C11H14N2O3/c1-15-11(13-6-2-3-7-13)12-10(14)9-5-4-8-16-9/h4-5,8H,2-3,6-7H2,1H3. The second-order valence-electron chi connectivity index (χ2n) is 3.58. The zero-order chi connectivity index (χ0) is 11.4. The predicted molar refractivity (Wildman–Crippen MR) is 58.3 cm³/mol. The molecule has 1 aromatic heterocycles. The molecule has 1 fully saturated rings. The van der Waals surface area contributed by atoms with Crippen molar-refractivity contribution in [2.45, 2.75) is 12.8 Å². The van der Waals surface area contributed by atoms with Crippen LogP contribution in [0.3, 0.4) is 0 Å². The molecule has 0 spiro atoms. The van der Waals surface area contributed by atoms with Crippen molar-refractivity contribution >= 4 is 11.9 Å². The van der Waals surface area contributed by atoms with Crippen LogP contribution in [0.5, 0.6) is 0 Å². The molecule has 0 saturated carbocycles. The largest absolute Gasteiger partial charge is 0.468 e. The van der Waals surface area contributed by atoms with Gasteiger partial charge in [-0.25, -0.2) is 0 Å². The first-order valence-electron chi connectivity index (χ1n) is 5.26. The van der Waals surface area contributed by atoms with Gasteiger partial charge in [-0.05, 0) is 25.0 Å². The maximum atomic E-state index is 11.6. The zero-order valence-electron chi connectivity index (χ0n) is 9.18. The molecule has 0 aromatic carbocycles. The Morgan fingerprint density at radius 3 is 2.81 bits per heavy atom. The van der Waals surface area contributed by atoms with E-state index in [2.05, 4.69) is 4.99 Å². The highest BCUT2D eigenvalue weighted by atomic mass is 16.5. The Bertz CT molecular complexity index is 378. The number of ether oxygens (including phenoxy) is 1. The predicted octanol–water partition coefficient (Wildman–Crippen LogP) is 1.52. The van der Waals surface area contributed by atoms with E-state index in [0.717, 1.165) is 25.9 Å². The van der Waals surface area contributed by atoms with Gasteiger partial charge in [-0.3, -0.25) is 4.79 Å². The van der Waals surface area contributed by atoms with E-state index >= 15 is 0 Å². The first-order chi connectivity index (χ1) is 7.81. The van der Waals surface area contributed by atoms with Crippen molar-refractivity contribution in [3.8, 4) is 0 Å². The van der Waals surface area contributed by atoms with Crippen molar-refractivity contribution in [3.05, 3.63) is 24.2 Å². The fraction of sp³-hybridized carbons (Fsp3) is 0.455. The molecule has 0 atom stereocenters. The molecule has 1 aliphatic heterocycles. The van der Waals surface area contributed by atoms with Gasteiger partial charge >= 0.3 is 5.91 Å². The normalized spacial score (nSPS) is 16.6. The van der Waals surface area contributed by atoms with E-state index in [-0.39, 0.29) is 5.76 Å². The summed E-state index contributed by atoms with van der Waals surface area (Å²) >= 11 is 0. The number of hydrogen-bond donors (Lipinski definition) is 0. The molecule has 0 aliphatic carbocycles. The molecule has 0 unspecified atom stereocenters. The Morgan fingerprint density at radius 2 is 2.25 bits per heavy atom. The van der Waals surface area contributed by atoms with Crippen LogP contribution in [0.25, 0.3) is 0 Å². The van der Waals surface area contributed by atoms with Crippen LogP contribution in [-0.4, -0.2) is 37.0 Å². The zero-order valence-corrected chi connectivity index (χ0v) is 9.18. The van der Waals surface area contributed by atoms with Gasteiger partial charge in [0.05, 0.1) is 13.4 Å². The number of carbonyl (C=O) groups excluding carboxylic acids is 1. The summed E-state index contributed by atoms with van der Waals surface area (Å²) < 4.78 is 10.1. The van der Waals surface area contributed by atoms with Crippen LogP contribution in [-0.2, 0) is 4.74 Å². The van der Waals surface area contributed by atoms with Crippen LogP contribution in [0.4, 0.5) is 0 Å². The highest BCUT2D eigenvalue weighted by molar-refractivity contribution is 5.99. The van der Waals surface area contributed by atoms with Gasteiger partial charge in [0.1, 0.15) is 0 Å². The lowest BCUT2D eigenvalue weighted by Gasteiger charge is -2.16. The molecule has 16 heavy (non-hydrogen) atoms. The minimum Gasteiger partial charge on any atom is -0.468 e. The molecule has 1 amide bonds. The van der Waals surface area contributed by atoms with Gasteiger partial charge in [0.15, 0.2) is 5.76 Å². The number of likely N-dealkylation sites (tertiary alicyclic amines) is 1. The third-order valence-corrected chi connectivity index (χ3v) is 2.49. The van der Waals surface area contributed by atoms with Crippen molar-refractivity contribution in [3.63, 3.8) is 0 Å². The van der Waals surface area contributed by atoms with E-state index in [9.17, 15) is 4.79 Å². The van der Waals surface area contributed by atoms with Crippen LogP contribution in [0.2, 0.25) is 0 Å². The number of aliphatic imine (C=N–C) groups is 1. The van der Waals surface area contributed by atoms with Crippen molar-refractivity contribution < 1.29 is 13.9 Å². The smallest absolute Gasteiger partial charge is 0.317 e. The highest BCUT2D eigenvalue weighted by Crippen LogP contribution is 2.10. The summed E-state index contributed by atoms with van der Waals surface area (Å²) in [5, 5.41) is 0. The molecule has 0 N–H and O–H groups in total. The summed E-state index contributed by atoms with van der Waals surface area (Å²) in [4.78, 5) is 17.5. The van der Waals surface area contributed by atoms with Gasteiger partial charge in [-0.15, -0.1) is 0 Å². The van der Waals surface area contributed by atoms with Crippen LogP contribution in [0.1, 0.15) is 23.4 Å². The molecule has 1 aliphatic rings. The Labute approximate surface area is 93.7 Å². The molecule has 5 heteroatoms. The molecule has 1 saturated heterocycles. The van der Waals surface area contributed by atoms with E-state index < -0.39 is 5.91 Å². The fourth-order valence-electron chi connectivity index (χ4n) is 1.70. The molecule has 86 valence electrons. The Balaban J connectivity index is 2.11. The molecule has 2 rings (SSSR count). The second-order valence-corrected chi connectivity index (χ2v) is 3.58. The van der Waals surface area contributed by atoms with E-state index in [1.807, 2.05) is 4.90 Å². The fourth-order valence-corrected chi connectivity index (χ4v) is 1.70. The molecule has 0 bridgehead atoms. The number of amidine groups is 1. The summed E-state index contributed by atoms with van der Waals surface area (Å²) in [5.41, 5.74) is 0. The summed E-state index contributed by atoms with van der Waals surface area (Å²) in [5.74, 6) is -0.178. The minimum absolute atomic E-state index is 0.230. The Kier molecular flexibility index (Phi) is 3.24. The average Bonchev–Trinajstić information content (AvgIpc) is 2.96. The summed E-state index contributed by atoms with van der Waals surface area (Å²) in [6.07, 6.45) is 3.67. The number of amides is 1. The number of hydrogen-bond acceptors (Lipinski definition) is 3. The van der Waals surface area contributed by atoms with Crippen LogP contribution >= 0.6 is 0 Å². The number of methoxy groups -OCH3 is 1. The van der Waals surface area contributed by atoms with E-state index in [0.29, 0.717) is 6.02 Å². The van der Waals surface area contributed by atoms with E-state index in [1.54, 1.807) is 12.1 Å². The molecule has 5 nitrogen and oxygen atoms in total. The molecule has 2 heterocycles. The highest BCUT2D eigenvalue weighted by Gasteiger charge is 2.19. The first-order valence-corrected chi connectivity index (χ1v) is 5.26. The lowest BCUT2D eigenvalue weighted by atomic mass is 10.4. The van der Waals surface area contributed by atoms with Gasteiger partial charge in [0, 0.05) is 13.1 Å².